The Morgan fingerprint density at radius 2 is 2.25 bits per heavy atom. The van der Waals surface area contributed by atoms with Crippen LogP contribution in [0.25, 0.3) is 0 Å². The molecule has 1 rings (SSSR count). The summed E-state index contributed by atoms with van der Waals surface area (Å²) < 4.78 is 0. The van der Waals surface area contributed by atoms with Crippen LogP contribution in [0, 0.1) is 11.3 Å². The molecule has 2 unspecified atom stereocenters. The molecule has 2 heteroatoms. The van der Waals surface area contributed by atoms with E-state index in [4.69, 9.17) is 0 Å². The maximum atomic E-state index is 10.0. The van der Waals surface area contributed by atoms with Crippen LogP contribution in [0.1, 0.15) is 40.0 Å². The Kier molecular flexibility index (Phi) is 2.69. The van der Waals surface area contributed by atoms with Gasteiger partial charge in [-0.2, -0.15) is 0 Å². The smallest absolute Gasteiger partial charge is 0.211 e. The van der Waals surface area contributed by atoms with Crippen LogP contribution in [0.2, 0.25) is 0 Å². The summed E-state index contributed by atoms with van der Waals surface area (Å²) in [5.74, 6) is 0.599. The predicted molar refractivity (Wildman–Crippen MR) is 48.7 cm³/mol. The minimum absolute atomic E-state index is 0.171. The molecule has 0 saturated heterocycles. The van der Waals surface area contributed by atoms with Crippen molar-refractivity contribution in [3.63, 3.8) is 0 Å². The molecule has 1 fully saturated rings. The number of aliphatic imine (C=N–C) groups is 1. The minimum atomic E-state index is 0.171. The zero-order chi connectivity index (χ0) is 9.19. The van der Waals surface area contributed by atoms with Crippen molar-refractivity contribution in [2.75, 3.05) is 0 Å². The summed E-state index contributed by atoms with van der Waals surface area (Å²) in [5, 5.41) is 0. The van der Waals surface area contributed by atoms with E-state index in [1.807, 2.05) is 6.92 Å². The van der Waals surface area contributed by atoms with E-state index in [1.165, 1.54) is 19.3 Å². The van der Waals surface area contributed by atoms with Gasteiger partial charge in [-0.05, 0) is 37.5 Å². The molecule has 12 heavy (non-hydrogen) atoms. The summed E-state index contributed by atoms with van der Waals surface area (Å²) in [7, 11) is 0. The van der Waals surface area contributed by atoms with E-state index in [2.05, 4.69) is 18.8 Å². The molecule has 0 spiro atoms. The molecule has 0 aromatic rings. The van der Waals surface area contributed by atoms with E-state index >= 15 is 0 Å². The van der Waals surface area contributed by atoms with Gasteiger partial charge in [-0.25, -0.2) is 9.79 Å². The van der Waals surface area contributed by atoms with Gasteiger partial charge in [0.05, 0.1) is 6.04 Å². The highest BCUT2D eigenvalue weighted by Crippen LogP contribution is 2.42. The molecule has 68 valence electrons. The van der Waals surface area contributed by atoms with Gasteiger partial charge in [0.15, 0.2) is 0 Å². The molecule has 0 bridgehead atoms. The lowest BCUT2D eigenvalue weighted by atomic mass is 9.89. The average molecular weight is 167 g/mol. The molecule has 0 aromatic carbocycles. The van der Waals surface area contributed by atoms with Gasteiger partial charge in [0.25, 0.3) is 0 Å². The van der Waals surface area contributed by atoms with Crippen molar-refractivity contribution < 1.29 is 4.79 Å². The molecule has 0 aliphatic heterocycles. The van der Waals surface area contributed by atoms with Gasteiger partial charge in [0, 0.05) is 0 Å². The lowest BCUT2D eigenvalue weighted by molar-refractivity contribution is 0.345. The first-order chi connectivity index (χ1) is 5.55. The maximum absolute atomic E-state index is 10.0. The highest BCUT2D eigenvalue weighted by molar-refractivity contribution is 5.33. The quantitative estimate of drug-likeness (QED) is 0.459. The van der Waals surface area contributed by atoms with E-state index in [0.29, 0.717) is 11.3 Å². The Bertz CT molecular complexity index is 204. The van der Waals surface area contributed by atoms with Crippen LogP contribution >= 0.6 is 0 Å². The predicted octanol–water partition coefficient (Wildman–Crippen LogP) is 2.54. The fourth-order valence-electron chi connectivity index (χ4n) is 2.09. The van der Waals surface area contributed by atoms with Crippen LogP contribution < -0.4 is 0 Å². The van der Waals surface area contributed by atoms with Crippen molar-refractivity contribution in [2.24, 2.45) is 16.3 Å². The summed E-state index contributed by atoms with van der Waals surface area (Å²) in [4.78, 5) is 13.8. The Morgan fingerprint density at radius 3 is 2.67 bits per heavy atom. The molecule has 0 aromatic heterocycles. The van der Waals surface area contributed by atoms with E-state index in [9.17, 15) is 4.79 Å². The lowest BCUT2D eigenvalue weighted by Crippen LogP contribution is -2.13. The second-order valence-corrected chi connectivity index (χ2v) is 4.63. The molecule has 2 nitrogen and oxygen atoms in total. The van der Waals surface area contributed by atoms with Gasteiger partial charge in [-0.1, -0.05) is 13.8 Å². The van der Waals surface area contributed by atoms with Crippen molar-refractivity contribution in [3.8, 4) is 0 Å². The molecular weight excluding hydrogens is 150 g/mol. The standard InChI is InChI=1S/C10H17NO/c1-8(11-7-12)9-4-5-10(2,3)6-9/h8-9H,4-6H2,1-3H3. The number of hydrogen-bond acceptors (Lipinski definition) is 2. The van der Waals surface area contributed by atoms with Gasteiger partial charge >= 0.3 is 0 Å². The van der Waals surface area contributed by atoms with Crippen molar-refractivity contribution in [1.82, 2.24) is 0 Å². The highest BCUT2D eigenvalue weighted by Gasteiger charge is 2.33. The molecule has 0 N–H and O–H groups in total. The van der Waals surface area contributed by atoms with Gasteiger partial charge < -0.3 is 0 Å². The summed E-state index contributed by atoms with van der Waals surface area (Å²) in [6.07, 6.45) is 5.31. The van der Waals surface area contributed by atoms with Crippen molar-refractivity contribution in [3.05, 3.63) is 0 Å². The summed E-state index contributed by atoms with van der Waals surface area (Å²) in [6.45, 7) is 6.58. The number of isocyanates is 1. The molecule has 1 aliphatic rings. The van der Waals surface area contributed by atoms with Crippen LogP contribution in [0.5, 0.6) is 0 Å². The third kappa shape index (κ3) is 2.18. The molecule has 1 aliphatic carbocycles. The normalized spacial score (nSPS) is 29.4. The number of hydrogen-bond donors (Lipinski definition) is 0. The fraction of sp³-hybridized carbons (Fsp3) is 0.900. The van der Waals surface area contributed by atoms with E-state index in [1.54, 1.807) is 6.08 Å². The fourth-order valence-corrected chi connectivity index (χ4v) is 2.09. The Morgan fingerprint density at radius 1 is 1.58 bits per heavy atom. The minimum Gasteiger partial charge on any atom is -0.211 e. The highest BCUT2D eigenvalue weighted by atomic mass is 16.1. The first kappa shape index (κ1) is 9.47. The van der Waals surface area contributed by atoms with Crippen LogP contribution in [0.4, 0.5) is 0 Å². The van der Waals surface area contributed by atoms with Crippen molar-refractivity contribution in [2.45, 2.75) is 46.1 Å². The van der Waals surface area contributed by atoms with Crippen molar-refractivity contribution in [1.29, 1.82) is 0 Å². The van der Waals surface area contributed by atoms with Gasteiger partial charge in [-0.15, -0.1) is 0 Å². The Balaban J connectivity index is 2.52. The van der Waals surface area contributed by atoms with Gasteiger partial charge in [-0.3, -0.25) is 0 Å². The van der Waals surface area contributed by atoms with E-state index < -0.39 is 0 Å². The monoisotopic (exact) mass is 167 g/mol. The zero-order valence-corrected chi connectivity index (χ0v) is 8.13. The van der Waals surface area contributed by atoms with E-state index in [-0.39, 0.29) is 6.04 Å². The second kappa shape index (κ2) is 3.40. The Labute approximate surface area is 74.1 Å². The molecule has 1 saturated carbocycles. The van der Waals surface area contributed by atoms with Crippen LogP contribution in [0.15, 0.2) is 4.99 Å². The summed E-state index contributed by atoms with van der Waals surface area (Å²) in [5.41, 5.74) is 0.456. The molecular formula is C10H17NO. The summed E-state index contributed by atoms with van der Waals surface area (Å²) in [6, 6.07) is 0.171. The molecule has 0 heterocycles. The summed E-state index contributed by atoms with van der Waals surface area (Å²) >= 11 is 0. The molecule has 0 radical (unpaired) electrons. The average Bonchev–Trinajstić information content (AvgIpc) is 2.31. The van der Waals surface area contributed by atoms with Crippen LogP contribution in [-0.2, 0) is 4.79 Å². The van der Waals surface area contributed by atoms with Crippen LogP contribution in [-0.4, -0.2) is 12.1 Å². The van der Waals surface area contributed by atoms with Gasteiger partial charge in [0.2, 0.25) is 6.08 Å². The first-order valence-electron chi connectivity index (χ1n) is 4.62. The second-order valence-electron chi connectivity index (χ2n) is 4.63. The molecule has 2 atom stereocenters. The number of rotatable bonds is 2. The Hall–Kier alpha value is -0.620. The molecule has 0 amide bonds. The third-order valence-corrected chi connectivity index (χ3v) is 2.95. The largest absolute Gasteiger partial charge is 0.235 e. The number of nitrogens with zero attached hydrogens (tertiary/aromatic N) is 1. The topological polar surface area (TPSA) is 29.4 Å². The zero-order valence-electron chi connectivity index (χ0n) is 8.13. The maximum Gasteiger partial charge on any atom is 0.235 e. The number of carbonyl (C=O) groups excluding carboxylic acids is 1. The van der Waals surface area contributed by atoms with Crippen LogP contribution in [0.3, 0.4) is 0 Å². The van der Waals surface area contributed by atoms with E-state index in [0.717, 1.165) is 0 Å². The third-order valence-electron chi connectivity index (χ3n) is 2.95. The lowest BCUT2D eigenvalue weighted by Gasteiger charge is -2.18. The first-order valence-corrected chi connectivity index (χ1v) is 4.62. The SMILES string of the molecule is CC(N=C=O)C1CCC(C)(C)C1. The van der Waals surface area contributed by atoms with Gasteiger partial charge in [0.1, 0.15) is 0 Å². The van der Waals surface area contributed by atoms with Crippen molar-refractivity contribution >= 4 is 6.08 Å².